The van der Waals surface area contributed by atoms with Crippen molar-refractivity contribution >= 4 is 17.9 Å². The first-order chi connectivity index (χ1) is 11.1. The third-order valence-corrected chi connectivity index (χ3v) is 3.70. The first kappa shape index (κ1) is 18.2. The Labute approximate surface area is 138 Å². The van der Waals surface area contributed by atoms with Crippen molar-refractivity contribution in [2.24, 2.45) is 0 Å². The summed E-state index contributed by atoms with van der Waals surface area (Å²) in [5.74, 6) is -6.70. The average Bonchev–Trinajstić information content (AvgIpc) is 2.47. The van der Waals surface area contributed by atoms with Crippen molar-refractivity contribution in [3.05, 3.63) is 23.0 Å². The second-order valence-electron chi connectivity index (χ2n) is 6.23. The van der Waals surface area contributed by atoms with Crippen molar-refractivity contribution in [2.45, 2.75) is 58.0 Å². The molecule has 2 bridgehead atoms. The maximum absolute atomic E-state index is 12.0. The van der Waals surface area contributed by atoms with Crippen LogP contribution in [0.25, 0.3) is 0 Å². The third-order valence-electron chi connectivity index (χ3n) is 3.70. The lowest BCUT2D eigenvalue weighted by molar-refractivity contribution is -0.316. The number of fused-ring (bicyclic) bond motifs is 3. The van der Waals surface area contributed by atoms with E-state index in [-0.39, 0.29) is 0 Å². The molecule has 2 fully saturated rings. The van der Waals surface area contributed by atoms with Crippen molar-refractivity contribution in [3.63, 3.8) is 0 Å². The van der Waals surface area contributed by atoms with E-state index in [2.05, 4.69) is 0 Å². The number of esters is 3. The van der Waals surface area contributed by atoms with E-state index in [9.17, 15) is 24.6 Å². The first-order valence-electron chi connectivity index (χ1n) is 7.50. The second-order valence-corrected chi connectivity index (χ2v) is 6.23. The van der Waals surface area contributed by atoms with Gasteiger partial charge in [-0.25, -0.2) is 4.79 Å². The molecule has 2 unspecified atom stereocenters. The molecule has 2 saturated heterocycles. The van der Waals surface area contributed by atoms with Crippen molar-refractivity contribution in [1.82, 2.24) is 0 Å². The maximum Gasteiger partial charge on any atom is 0.437 e. The highest BCUT2D eigenvalue weighted by atomic mass is 16.9. The smallest absolute Gasteiger partial charge is 0.419 e. The van der Waals surface area contributed by atoms with Gasteiger partial charge in [0.25, 0.3) is 0 Å². The highest BCUT2D eigenvalue weighted by molar-refractivity contribution is 5.92. The number of allylic oxidation sites excluding steroid dienone is 3. The number of hydrogen-bond acceptors (Lipinski definition) is 8. The molecule has 0 aliphatic carbocycles. The molecule has 132 valence electrons. The topological polar surface area (TPSA) is 119 Å². The molecule has 2 rings (SSSR count). The normalized spacial score (nSPS) is 32.0. The Hall–Kier alpha value is -2.19. The summed E-state index contributed by atoms with van der Waals surface area (Å²) in [5, 5.41) is 20.6. The molecule has 2 heterocycles. The van der Waals surface area contributed by atoms with Crippen LogP contribution in [0.3, 0.4) is 0 Å². The molecule has 2 aliphatic rings. The SMILES string of the molecule is CC(C)=CCC/C(C)=C1\OC(=O)CC2(O)CC(=O)OC1(O)OC2=O. The minimum Gasteiger partial charge on any atom is -0.419 e. The van der Waals surface area contributed by atoms with E-state index < -0.39 is 48.1 Å². The number of rotatable bonds is 3. The molecule has 0 aromatic heterocycles. The standard InChI is InChI=1S/C16H20O8/c1-9(2)5-4-6-10(3)13-16(21)23-12(18)8-15(20,14(19)24-16)7-11(17)22-13/h5,20-21H,4,6-8H2,1-3H3/b13-10-. The summed E-state index contributed by atoms with van der Waals surface area (Å²) in [4.78, 5) is 35.8. The van der Waals surface area contributed by atoms with Gasteiger partial charge in [0.15, 0.2) is 5.60 Å². The number of aliphatic hydroxyl groups is 2. The number of hydrogen-bond donors (Lipinski definition) is 2. The molecule has 0 aromatic rings. The van der Waals surface area contributed by atoms with Crippen molar-refractivity contribution < 1.29 is 38.8 Å². The lowest BCUT2D eigenvalue weighted by Gasteiger charge is -2.31. The fourth-order valence-electron chi connectivity index (χ4n) is 2.47. The monoisotopic (exact) mass is 340 g/mol. The number of carbonyl (C=O) groups is 3. The largest absolute Gasteiger partial charge is 0.437 e. The van der Waals surface area contributed by atoms with Crippen LogP contribution in [0.2, 0.25) is 0 Å². The van der Waals surface area contributed by atoms with Gasteiger partial charge in [-0.15, -0.1) is 0 Å². The van der Waals surface area contributed by atoms with Gasteiger partial charge in [0.2, 0.25) is 5.76 Å². The fraction of sp³-hybridized carbons (Fsp3) is 0.562. The summed E-state index contributed by atoms with van der Waals surface area (Å²) in [7, 11) is 0. The third kappa shape index (κ3) is 3.65. The molecule has 24 heavy (non-hydrogen) atoms. The molecular formula is C16H20O8. The highest BCUT2D eigenvalue weighted by Crippen LogP contribution is 2.37. The van der Waals surface area contributed by atoms with Gasteiger partial charge < -0.3 is 24.4 Å². The number of ether oxygens (including phenoxy) is 3. The van der Waals surface area contributed by atoms with Gasteiger partial charge >= 0.3 is 23.9 Å². The minimum absolute atomic E-state index is 0.371. The van der Waals surface area contributed by atoms with Gasteiger partial charge in [0.05, 0.1) is 12.8 Å². The Morgan fingerprint density at radius 2 is 1.71 bits per heavy atom. The van der Waals surface area contributed by atoms with Gasteiger partial charge in [-0.3, -0.25) is 9.59 Å². The Morgan fingerprint density at radius 1 is 1.08 bits per heavy atom. The zero-order valence-electron chi connectivity index (χ0n) is 13.7. The highest BCUT2D eigenvalue weighted by Gasteiger charge is 2.57. The van der Waals surface area contributed by atoms with Crippen LogP contribution in [-0.4, -0.2) is 39.7 Å². The Morgan fingerprint density at radius 3 is 2.33 bits per heavy atom. The zero-order chi connectivity index (χ0) is 18.1. The van der Waals surface area contributed by atoms with E-state index in [0.717, 1.165) is 5.57 Å². The molecule has 2 N–H and O–H groups in total. The van der Waals surface area contributed by atoms with E-state index in [4.69, 9.17) is 14.2 Å². The number of carbonyl (C=O) groups excluding carboxylic acids is 3. The van der Waals surface area contributed by atoms with Crippen LogP contribution < -0.4 is 0 Å². The van der Waals surface area contributed by atoms with E-state index in [1.54, 1.807) is 6.92 Å². The van der Waals surface area contributed by atoms with Gasteiger partial charge in [-0.1, -0.05) is 11.6 Å². The van der Waals surface area contributed by atoms with Crippen molar-refractivity contribution in [2.75, 3.05) is 0 Å². The predicted octanol–water partition coefficient (Wildman–Crippen LogP) is 0.821. The van der Waals surface area contributed by atoms with Crippen LogP contribution in [-0.2, 0) is 28.6 Å². The summed E-state index contributed by atoms with van der Waals surface area (Å²) in [6.45, 7) is 5.39. The summed E-state index contributed by atoms with van der Waals surface area (Å²) in [5.41, 5.74) is -0.963. The molecule has 0 aromatic carbocycles. The Balaban J connectivity index is 2.44. The van der Waals surface area contributed by atoms with Gasteiger partial charge in [-0.2, -0.15) is 0 Å². The molecule has 0 saturated carbocycles. The molecular weight excluding hydrogens is 320 g/mol. The van der Waals surface area contributed by atoms with Crippen LogP contribution in [0.1, 0.15) is 46.5 Å². The summed E-state index contributed by atoms with van der Waals surface area (Å²) >= 11 is 0. The molecule has 0 radical (unpaired) electrons. The molecule has 2 aliphatic heterocycles. The van der Waals surface area contributed by atoms with Crippen molar-refractivity contribution in [1.29, 1.82) is 0 Å². The van der Waals surface area contributed by atoms with Gasteiger partial charge in [0, 0.05) is 0 Å². The van der Waals surface area contributed by atoms with Crippen LogP contribution in [0.4, 0.5) is 0 Å². The summed E-state index contributed by atoms with van der Waals surface area (Å²) < 4.78 is 14.6. The lowest BCUT2D eigenvalue weighted by Crippen LogP contribution is -2.49. The fourth-order valence-corrected chi connectivity index (χ4v) is 2.47. The molecule has 0 spiro atoms. The second kappa shape index (κ2) is 6.37. The van der Waals surface area contributed by atoms with Crippen molar-refractivity contribution in [3.8, 4) is 0 Å². The minimum atomic E-state index is -2.87. The van der Waals surface area contributed by atoms with Crippen LogP contribution in [0.5, 0.6) is 0 Å². The van der Waals surface area contributed by atoms with Crippen LogP contribution in [0, 0.1) is 0 Å². The quantitative estimate of drug-likeness (QED) is 0.572. The zero-order valence-corrected chi connectivity index (χ0v) is 13.7. The maximum atomic E-state index is 12.0. The first-order valence-corrected chi connectivity index (χ1v) is 7.50. The predicted molar refractivity (Wildman–Crippen MR) is 78.8 cm³/mol. The van der Waals surface area contributed by atoms with E-state index in [1.165, 1.54) is 0 Å². The number of cyclic esters (lactones) is 1. The molecule has 8 heteroatoms. The Kier molecular flexibility index (Phi) is 4.82. The lowest BCUT2D eigenvalue weighted by atomic mass is 9.95. The summed E-state index contributed by atoms with van der Waals surface area (Å²) in [6.07, 6.45) is 1.30. The van der Waals surface area contributed by atoms with Gasteiger partial charge in [-0.05, 0) is 39.2 Å². The summed E-state index contributed by atoms with van der Waals surface area (Å²) in [6, 6.07) is 0. The van der Waals surface area contributed by atoms with E-state index in [1.807, 2.05) is 19.9 Å². The van der Waals surface area contributed by atoms with E-state index in [0.29, 0.717) is 18.4 Å². The molecule has 8 nitrogen and oxygen atoms in total. The molecule has 2 atom stereocenters. The van der Waals surface area contributed by atoms with E-state index >= 15 is 0 Å². The van der Waals surface area contributed by atoms with Crippen LogP contribution >= 0.6 is 0 Å². The average molecular weight is 340 g/mol. The van der Waals surface area contributed by atoms with Crippen LogP contribution in [0.15, 0.2) is 23.0 Å². The Bertz CT molecular complexity index is 642. The van der Waals surface area contributed by atoms with Gasteiger partial charge in [0.1, 0.15) is 0 Å². The molecule has 0 amide bonds.